The second-order valence-corrected chi connectivity index (χ2v) is 6.59. The molecule has 110 valence electrons. The highest BCUT2D eigenvalue weighted by Crippen LogP contribution is 2.22. The molecule has 0 unspecified atom stereocenters. The summed E-state index contributed by atoms with van der Waals surface area (Å²) in [5.41, 5.74) is -0.340. The Morgan fingerprint density at radius 2 is 2.10 bits per heavy atom. The van der Waals surface area contributed by atoms with Gasteiger partial charge in [0.25, 0.3) is 15.7 Å². The van der Waals surface area contributed by atoms with Crippen LogP contribution in [-0.4, -0.2) is 23.3 Å². The van der Waals surface area contributed by atoms with Gasteiger partial charge in [0.1, 0.15) is 5.15 Å². The van der Waals surface area contributed by atoms with E-state index in [-0.39, 0.29) is 21.7 Å². The zero-order valence-electron chi connectivity index (χ0n) is 10.0. The molecule has 0 saturated heterocycles. The number of hydrogen-bond donors (Lipinski definition) is 1. The van der Waals surface area contributed by atoms with Crippen molar-refractivity contribution in [3.8, 4) is 0 Å². The van der Waals surface area contributed by atoms with Crippen molar-refractivity contribution in [2.45, 2.75) is 4.90 Å². The third kappa shape index (κ3) is 3.65. The average molecular weight is 394 g/mol. The summed E-state index contributed by atoms with van der Waals surface area (Å²) in [7, 11) is -4.05. The molecule has 1 aromatic heterocycles. The van der Waals surface area contributed by atoms with E-state index in [1.165, 1.54) is 24.4 Å². The molecule has 1 N–H and O–H groups in total. The predicted octanol–water partition coefficient (Wildman–Crippen LogP) is 2.60. The number of sulfonamides is 1. The van der Waals surface area contributed by atoms with Crippen LogP contribution in [0.4, 0.5) is 11.6 Å². The molecule has 0 radical (unpaired) electrons. The number of nitrogens with one attached hydrogen (secondary N) is 1. The van der Waals surface area contributed by atoms with Crippen molar-refractivity contribution in [2.24, 2.45) is 0 Å². The maximum atomic E-state index is 12.1. The zero-order chi connectivity index (χ0) is 15.6. The van der Waals surface area contributed by atoms with E-state index < -0.39 is 14.9 Å². The number of hydrogen-bond acceptors (Lipinski definition) is 6. The molecular weight excluding hydrogens is 388 g/mol. The first kappa shape index (κ1) is 15.6. The molecule has 0 atom stereocenters. The summed E-state index contributed by atoms with van der Waals surface area (Å²) < 4.78 is 26.7. The third-order valence-corrected chi connectivity index (χ3v) is 4.69. The molecule has 11 heteroatoms. The first-order valence-corrected chi connectivity index (χ1v) is 7.90. The molecule has 0 bridgehead atoms. The Morgan fingerprint density at radius 1 is 1.38 bits per heavy atom. The highest BCUT2D eigenvalue weighted by Gasteiger charge is 2.19. The first-order chi connectivity index (χ1) is 9.79. The smallest absolute Gasteiger partial charge is 0.258 e. The minimum absolute atomic E-state index is 0.0294. The number of benzene rings is 1. The summed E-state index contributed by atoms with van der Waals surface area (Å²) in [5, 5.41) is 10.7. The van der Waals surface area contributed by atoms with Crippen LogP contribution < -0.4 is 4.72 Å². The number of anilines is 1. The number of rotatable bonds is 4. The third-order valence-electron chi connectivity index (χ3n) is 2.27. The van der Waals surface area contributed by atoms with Gasteiger partial charge in [-0.15, -0.1) is 0 Å². The Hall–Kier alpha value is -1.78. The van der Waals surface area contributed by atoms with Gasteiger partial charge in [-0.3, -0.25) is 10.1 Å². The lowest BCUT2D eigenvalue weighted by Gasteiger charge is -2.06. The van der Waals surface area contributed by atoms with E-state index >= 15 is 0 Å². The minimum atomic E-state index is -4.05. The Morgan fingerprint density at radius 3 is 2.71 bits per heavy atom. The fraction of sp³-hybridized carbons (Fsp3) is 0. The topological polar surface area (TPSA) is 115 Å². The van der Waals surface area contributed by atoms with E-state index in [0.717, 1.165) is 6.07 Å². The van der Waals surface area contributed by atoms with Gasteiger partial charge in [-0.2, -0.15) is 4.98 Å². The molecule has 0 spiro atoms. The van der Waals surface area contributed by atoms with Crippen molar-refractivity contribution in [3.05, 3.63) is 50.2 Å². The van der Waals surface area contributed by atoms with Gasteiger partial charge in [-0.1, -0.05) is 17.7 Å². The van der Waals surface area contributed by atoms with Crippen LogP contribution >= 0.6 is 27.5 Å². The normalized spacial score (nSPS) is 11.1. The summed E-state index contributed by atoms with van der Waals surface area (Å²) in [6.07, 6.45) is 1.28. The molecule has 1 aromatic carbocycles. The predicted molar refractivity (Wildman–Crippen MR) is 78.6 cm³/mol. The van der Waals surface area contributed by atoms with Crippen molar-refractivity contribution in [3.63, 3.8) is 0 Å². The van der Waals surface area contributed by atoms with Gasteiger partial charge in [0.2, 0.25) is 5.95 Å². The standard InChI is InChI=1S/C10H6BrClN4O4S/c11-8-5-13-10(14-9(8)12)15-21(19,20)7-3-1-2-6(4-7)16(17)18/h1-5H,(H,13,14,15). The van der Waals surface area contributed by atoms with Crippen molar-refractivity contribution in [1.29, 1.82) is 0 Å². The average Bonchev–Trinajstić information content (AvgIpc) is 2.43. The second kappa shape index (κ2) is 5.92. The molecule has 0 amide bonds. The Labute approximate surface area is 132 Å². The van der Waals surface area contributed by atoms with E-state index in [4.69, 9.17) is 11.6 Å². The number of nitro benzene ring substituents is 1. The molecular formula is C10H6BrClN4O4S. The molecule has 2 rings (SSSR count). The number of nitrogens with zero attached hydrogens (tertiary/aromatic N) is 3. The maximum absolute atomic E-state index is 12.1. The summed E-state index contributed by atoms with van der Waals surface area (Å²) in [6, 6.07) is 4.60. The lowest BCUT2D eigenvalue weighted by Crippen LogP contribution is -2.15. The van der Waals surface area contributed by atoms with Crippen LogP contribution in [-0.2, 0) is 10.0 Å². The fourth-order valence-corrected chi connectivity index (χ4v) is 2.65. The second-order valence-electron chi connectivity index (χ2n) is 3.69. The Bertz CT molecular complexity index is 814. The van der Waals surface area contributed by atoms with Crippen LogP contribution in [0.3, 0.4) is 0 Å². The molecule has 1 heterocycles. The van der Waals surface area contributed by atoms with Crippen LogP contribution in [0.1, 0.15) is 0 Å². The first-order valence-electron chi connectivity index (χ1n) is 5.25. The van der Waals surface area contributed by atoms with E-state index in [0.29, 0.717) is 4.47 Å². The number of aromatic nitrogens is 2. The molecule has 8 nitrogen and oxygen atoms in total. The van der Waals surface area contributed by atoms with Crippen molar-refractivity contribution in [2.75, 3.05) is 4.72 Å². The van der Waals surface area contributed by atoms with Gasteiger partial charge >= 0.3 is 0 Å². The van der Waals surface area contributed by atoms with E-state index in [9.17, 15) is 18.5 Å². The van der Waals surface area contributed by atoms with Crippen LogP contribution in [0.2, 0.25) is 5.15 Å². The fourth-order valence-electron chi connectivity index (χ4n) is 1.34. The highest BCUT2D eigenvalue weighted by molar-refractivity contribution is 9.10. The van der Waals surface area contributed by atoms with Crippen LogP contribution in [0.5, 0.6) is 0 Å². The largest absolute Gasteiger partial charge is 0.270 e. The Kier molecular flexibility index (Phi) is 4.40. The lowest BCUT2D eigenvalue weighted by molar-refractivity contribution is -0.385. The van der Waals surface area contributed by atoms with Gasteiger partial charge in [-0.25, -0.2) is 18.1 Å². The quantitative estimate of drug-likeness (QED) is 0.485. The van der Waals surface area contributed by atoms with E-state index in [1.54, 1.807) is 0 Å². The maximum Gasteiger partial charge on any atom is 0.270 e. The summed E-state index contributed by atoms with van der Waals surface area (Å²) in [4.78, 5) is 17.2. The molecule has 0 aliphatic rings. The summed E-state index contributed by atoms with van der Waals surface area (Å²) in [5.74, 6) is -0.241. The molecule has 0 aliphatic heterocycles. The van der Waals surface area contributed by atoms with Crippen molar-refractivity contribution < 1.29 is 13.3 Å². The highest BCUT2D eigenvalue weighted by atomic mass is 79.9. The van der Waals surface area contributed by atoms with Crippen LogP contribution in [0.15, 0.2) is 39.8 Å². The van der Waals surface area contributed by atoms with Crippen molar-refractivity contribution >= 4 is 49.2 Å². The van der Waals surface area contributed by atoms with Crippen molar-refractivity contribution in [1.82, 2.24) is 9.97 Å². The van der Waals surface area contributed by atoms with Gasteiger partial charge in [0.15, 0.2) is 0 Å². The van der Waals surface area contributed by atoms with Crippen LogP contribution in [0.25, 0.3) is 0 Å². The molecule has 0 aliphatic carbocycles. The van der Waals surface area contributed by atoms with Gasteiger partial charge < -0.3 is 0 Å². The SMILES string of the molecule is O=[N+]([O-])c1cccc(S(=O)(=O)Nc2ncc(Br)c(Cl)n2)c1. The number of nitro groups is 1. The monoisotopic (exact) mass is 392 g/mol. The van der Waals surface area contributed by atoms with E-state index in [1.807, 2.05) is 0 Å². The molecule has 0 fully saturated rings. The molecule has 2 aromatic rings. The minimum Gasteiger partial charge on any atom is -0.258 e. The van der Waals surface area contributed by atoms with E-state index in [2.05, 4.69) is 30.6 Å². The number of non-ortho nitro benzene ring substituents is 1. The number of halogens is 2. The summed E-state index contributed by atoms with van der Waals surface area (Å²) in [6.45, 7) is 0. The lowest BCUT2D eigenvalue weighted by atomic mass is 10.3. The molecule has 21 heavy (non-hydrogen) atoms. The molecule has 0 saturated carbocycles. The van der Waals surface area contributed by atoms with Gasteiger partial charge in [-0.05, 0) is 22.0 Å². The van der Waals surface area contributed by atoms with Crippen LogP contribution in [0, 0.1) is 10.1 Å². The van der Waals surface area contributed by atoms with Gasteiger partial charge in [0, 0.05) is 18.3 Å². The van der Waals surface area contributed by atoms with Gasteiger partial charge in [0.05, 0.1) is 14.3 Å². The zero-order valence-corrected chi connectivity index (χ0v) is 13.2. The summed E-state index contributed by atoms with van der Waals surface area (Å²) >= 11 is 8.80. The Balaban J connectivity index is 2.36.